The molecule has 1 aromatic rings. The summed E-state index contributed by atoms with van der Waals surface area (Å²) in [6.07, 6.45) is 0.825. The van der Waals surface area contributed by atoms with Gasteiger partial charge in [0.1, 0.15) is 0 Å². The third-order valence-corrected chi connectivity index (χ3v) is 2.94. The second kappa shape index (κ2) is 5.87. The van der Waals surface area contributed by atoms with Crippen molar-refractivity contribution in [1.82, 2.24) is 0 Å². The minimum absolute atomic E-state index is 0.164. The van der Waals surface area contributed by atoms with E-state index in [-0.39, 0.29) is 11.7 Å². The molecule has 0 aliphatic heterocycles. The first-order valence-electron chi connectivity index (χ1n) is 5.67. The molecule has 0 spiro atoms. The van der Waals surface area contributed by atoms with E-state index < -0.39 is 5.82 Å². The highest BCUT2D eigenvalue weighted by atomic mass is 19.1. The zero-order valence-electron chi connectivity index (χ0n) is 10.8. The van der Waals surface area contributed by atoms with Gasteiger partial charge in [0, 0.05) is 5.56 Å². The van der Waals surface area contributed by atoms with E-state index in [4.69, 9.17) is 15.2 Å². The van der Waals surface area contributed by atoms with Crippen LogP contribution < -0.4 is 15.2 Å². The maximum atomic E-state index is 13.7. The number of rotatable bonds is 5. The third-order valence-electron chi connectivity index (χ3n) is 2.94. The summed E-state index contributed by atoms with van der Waals surface area (Å²) >= 11 is 0. The second-order valence-corrected chi connectivity index (χ2v) is 4.13. The van der Waals surface area contributed by atoms with Gasteiger partial charge in [-0.3, -0.25) is 0 Å². The summed E-state index contributed by atoms with van der Waals surface area (Å²) in [7, 11) is 2.96. The van der Waals surface area contributed by atoms with Gasteiger partial charge in [-0.25, -0.2) is 4.39 Å². The molecule has 0 bridgehead atoms. The summed E-state index contributed by atoms with van der Waals surface area (Å²) in [5.41, 5.74) is 7.39. The molecule has 17 heavy (non-hydrogen) atoms. The Morgan fingerprint density at radius 2 is 1.88 bits per heavy atom. The van der Waals surface area contributed by atoms with Crippen molar-refractivity contribution in [1.29, 1.82) is 0 Å². The van der Waals surface area contributed by atoms with E-state index in [9.17, 15) is 4.39 Å². The summed E-state index contributed by atoms with van der Waals surface area (Å²) in [5, 5.41) is 0. The van der Waals surface area contributed by atoms with Gasteiger partial charge < -0.3 is 15.2 Å². The fourth-order valence-corrected chi connectivity index (χ4v) is 2.14. The van der Waals surface area contributed by atoms with Crippen LogP contribution in [-0.2, 0) is 0 Å². The summed E-state index contributed by atoms with van der Waals surface area (Å²) in [5.74, 6) is 0.456. The number of hydrogen-bond acceptors (Lipinski definition) is 3. The van der Waals surface area contributed by atoms with Crippen LogP contribution in [0.3, 0.4) is 0 Å². The lowest BCUT2D eigenvalue weighted by Gasteiger charge is -2.20. The van der Waals surface area contributed by atoms with Crippen LogP contribution in [0.25, 0.3) is 0 Å². The molecule has 1 aromatic carbocycles. The largest absolute Gasteiger partial charge is 0.492 e. The molecule has 2 N–H and O–H groups in total. The van der Waals surface area contributed by atoms with Gasteiger partial charge in [0.15, 0.2) is 17.3 Å². The van der Waals surface area contributed by atoms with Crippen LogP contribution >= 0.6 is 0 Å². The Hall–Kier alpha value is -1.29. The van der Waals surface area contributed by atoms with Crippen molar-refractivity contribution in [2.45, 2.75) is 26.2 Å². The Balaban J connectivity index is 3.36. The topological polar surface area (TPSA) is 44.5 Å². The standard InChI is InChI=1S/C13H20FNO2/c1-8(5-6-15)11-9(2)7-10(14)12(16-3)13(11)17-4/h7-8H,5-6,15H2,1-4H3. The molecule has 0 radical (unpaired) electrons. The highest BCUT2D eigenvalue weighted by molar-refractivity contribution is 5.52. The maximum Gasteiger partial charge on any atom is 0.197 e. The van der Waals surface area contributed by atoms with E-state index in [2.05, 4.69) is 6.92 Å². The molecule has 0 aliphatic carbocycles. The minimum Gasteiger partial charge on any atom is -0.492 e. The van der Waals surface area contributed by atoms with Crippen molar-refractivity contribution in [3.63, 3.8) is 0 Å². The average Bonchev–Trinajstić information content (AvgIpc) is 2.28. The smallest absolute Gasteiger partial charge is 0.197 e. The number of halogens is 1. The highest BCUT2D eigenvalue weighted by Crippen LogP contribution is 2.40. The SMILES string of the molecule is COc1c(F)cc(C)c(C(C)CCN)c1OC. The summed E-state index contributed by atoms with van der Waals surface area (Å²) in [6.45, 7) is 4.51. The van der Waals surface area contributed by atoms with Crippen LogP contribution in [0.5, 0.6) is 11.5 Å². The minimum atomic E-state index is -0.398. The maximum absolute atomic E-state index is 13.7. The van der Waals surface area contributed by atoms with Gasteiger partial charge in [-0.15, -0.1) is 0 Å². The Bertz CT molecular complexity index is 393. The van der Waals surface area contributed by atoms with Gasteiger partial charge in [0.05, 0.1) is 14.2 Å². The number of ether oxygens (including phenoxy) is 2. The third kappa shape index (κ3) is 2.69. The highest BCUT2D eigenvalue weighted by Gasteiger charge is 2.21. The molecule has 0 fully saturated rings. The molecule has 0 aliphatic rings. The Morgan fingerprint density at radius 1 is 1.29 bits per heavy atom. The molecule has 0 saturated carbocycles. The molecule has 0 aromatic heterocycles. The van der Waals surface area contributed by atoms with Crippen molar-refractivity contribution in [2.75, 3.05) is 20.8 Å². The van der Waals surface area contributed by atoms with Crippen molar-refractivity contribution >= 4 is 0 Å². The normalized spacial score (nSPS) is 12.4. The molecule has 0 heterocycles. The molecule has 1 atom stereocenters. The van der Waals surface area contributed by atoms with Crippen LogP contribution in [0, 0.1) is 12.7 Å². The first-order valence-corrected chi connectivity index (χ1v) is 5.67. The second-order valence-electron chi connectivity index (χ2n) is 4.13. The fourth-order valence-electron chi connectivity index (χ4n) is 2.14. The van der Waals surface area contributed by atoms with Crippen LogP contribution in [0.15, 0.2) is 6.07 Å². The number of hydrogen-bond donors (Lipinski definition) is 1. The molecule has 1 unspecified atom stereocenters. The van der Waals surface area contributed by atoms with Gasteiger partial charge in [-0.1, -0.05) is 6.92 Å². The fraction of sp³-hybridized carbons (Fsp3) is 0.538. The van der Waals surface area contributed by atoms with Gasteiger partial charge in [0.25, 0.3) is 0 Å². The summed E-state index contributed by atoms with van der Waals surface area (Å²) in [6, 6.07) is 1.48. The lowest BCUT2D eigenvalue weighted by atomic mass is 9.92. The molecule has 0 amide bonds. The Morgan fingerprint density at radius 3 is 2.35 bits per heavy atom. The lowest BCUT2D eigenvalue weighted by molar-refractivity contribution is 0.332. The average molecular weight is 241 g/mol. The molecule has 0 saturated heterocycles. The van der Waals surface area contributed by atoms with Gasteiger partial charge in [-0.05, 0) is 37.4 Å². The zero-order valence-corrected chi connectivity index (χ0v) is 10.8. The number of aryl methyl sites for hydroxylation is 1. The Labute approximate surface area is 102 Å². The summed E-state index contributed by atoms with van der Waals surface area (Å²) < 4.78 is 24.0. The molecule has 1 rings (SSSR count). The molecular formula is C13H20FNO2. The van der Waals surface area contributed by atoms with E-state index >= 15 is 0 Å². The lowest BCUT2D eigenvalue weighted by Crippen LogP contribution is -2.09. The van der Waals surface area contributed by atoms with Gasteiger partial charge in [-0.2, -0.15) is 0 Å². The molecule has 3 nitrogen and oxygen atoms in total. The van der Waals surface area contributed by atoms with Gasteiger partial charge in [0.2, 0.25) is 0 Å². The monoisotopic (exact) mass is 241 g/mol. The van der Waals surface area contributed by atoms with Crippen molar-refractivity contribution in [3.05, 3.63) is 23.0 Å². The predicted molar refractivity (Wildman–Crippen MR) is 66.3 cm³/mol. The molecule has 96 valence electrons. The van der Waals surface area contributed by atoms with E-state index in [0.29, 0.717) is 12.3 Å². The zero-order chi connectivity index (χ0) is 13.0. The van der Waals surface area contributed by atoms with Gasteiger partial charge >= 0.3 is 0 Å². The van der Waals surface area contributed by atoms with Crippen molar-refractivity contribution in [2.24, 2.45) is 5.73 Å². The first kappa shape index (κ1) is 13.8. The Kier molecular flexibility index (Phi) is 4.75. The quantitative estimate of drug-likeness (QED) is 0.861. The predicted octanol–water partition coefficient (Wildman–Crippen LogP) is 2.60. The van der Waals surface area contributed by atoms with E-state index in [1.807, 2.05) is 6.92 Å². The van der Waals surface area contributed by atoms with Crippen LogP contribution in [0.4, 0.5) is 4.39 Å². The van der Waals surface area contributed by atoms with Crippen LogP contribution in [-0.4, -0.2) is 20.8 Å². The molecular weight excluding hydrogens is 221 g/mol. The first-order chi connectivity index (χ1) is 8.06. The van der Waals surface area contributed by atoms with E-state index in [0.717, 1.165) is 17.5 Å². The van der Waals surface area contributed by atoms with Crippen molar-refractivity contribution < 1.29 is 13.9 Å². The summed E-state index contributed by atoms with van der Waals surface area (Å²) in [4.78, 5) is 0. The van der Waals surface area contributed by atoms with E-state index in [1.165, 1.54) is 20.3 Å². The molecule has 4 heteroatoms. The van der Waals surface area contributed by atoms with Crippen molar-refractivity contribution in [3.8, 4) is 11.5 Å². The number of nitrogens with two attached hydrogens (primary N) is 1. The van der Waals surface area contributed by atoms with E-state index in [1.54, 1.807) is 0 Å². The number of benzene rings is 1. The van der Waals surface area contributed by atoms with Crippen LogP contribution in [0.2, 0.25) is 0 Å². The van der Waals surface area contributed by atoms with Crippen LogP contribution in [0.1, 0.15) is 30.4 Å². The number of methoxy groups -OCH3 is 2.